The van der Waals surface area contributed by atoms with Crippen LogP contribution in [-0.2, 0) is 16.0 Å². The Morgan fingerprint density at radius 2 is 1.93 bits per heavy atom. The van der Waals surface area contributed by atoms with Gasteiger partial charge in [-0.05, 0) is 54.7 Å². The molecule has 2 unspecified atom stereocenters. The molecule has 0 amide bonds. The fraction of sp³-hybridized carbons (Fsp3) is 0.375. The van der Waals surface area contributed by atoms with E-state index in [1.165, 1.54) is 12.1 Å². The van der Waals surface area contributed by atoms with Gasteiger partial charge < -0.3 is 15.6 Å². The van der Waals surface area contributed by atoms with E-state index in [2.05, 4.69) is 0 Å². The molecule has 0 spiro atoms. The second-order valence-electron chi connectivity index (χ2n) is 7.88. The van der Waals surface area contributed by atoms with Crippen LogP contribution in [0.3, 0.4) is 0 Å². The van der Waals surface area contributed by atoms with Gasteiger partial charge in [0.1, 0.15) is 17.2 Å². The number of cyclic esters (lactones) is 1. The number of nitrogens with two attached hydrogens (primary N) is 1. The zero-order valence-electron chi connectivity index (χ0n) is 17.0. The normalized spacial score (nSPS) is 20.4. The van der Waals surface area contributed by atoms with Crippen molar-refractivity contribution in [1.29, 1.82) is 0 Å². The Bertz CT molecular complexity index is 907. The van der Waals surface area contributed by atoms with E-state index in [9.17, 15) is 14.3 Å². The lowest BCUT2D eigenvalue weighted by Gasteiger charge is -2.38. The molecule has 5 heteroatoms. The molecule has 0 bridgehead atoms. The number of aliphatic hydroxyl groups is 1. The molecule has 1 aliphatic heterocycles. The number of hydrogen-bond donors (Lipinski definition) is 2. The van der Waals surface area contributed by atoms with Crippen molar-refractivity contribution in [3.8, 4) is 0 Å². The van der Waals surface area contributed by atoms with E-state index in [-0.39, 0.29) is 23.9 Å². The minimum Gasteiger partial charge on any atom is -0.512 e. The number of hydrogen-bond acceptors (Lipinski definition) is 4. The highest BCUT2D eigenvalue weighted by atomic mass is 19.1. The van der Waals surface area contributed by atoms with Crippen LogP contribution in [0.1, 0.15) is 56.6 Å². The van der Waals surface area contributed by atoms with E-state index in [4.69, 9.17) is 10.5 Å². The minimum absolute atomic E-state index is 0.0868. The van der Waals surface area contributed by atoms with Crippen molar-refractivity contribution in [2.24, 2.45) is 0 Å². The van der Waals surface area contributed by atoms with Gasteiger partial charge in [0, 0.05) is 18.0 Å². The topological polar surface area (TPSA) is 72.5 Å². The van der Waals surface area contributed by atoms with Crippen molar-refractivity contribution >= 4 is 11.7 Å². The first-order valence-electron chi connectivity index (χ1n) is 10.1. The maximum atomic E-state index is 13.1. The van der Waals surface area contributed by atoms with Crippen LogP contribution in [0.2, 0.25) is 0 Å². The third-order valence-electron chi connectivity index (χ3n) is 5.66. The number of benzene rings is 2. The summed E-state index contributed by atoms with van der Waals surface area (Å²) in [6.07, 6.45) is 2.98. The van der Waals surface area contributed by atoms with Crippen LogP contribution < -0.4 is 5.73 Å². The Kier molecular flexibility index (Phi) is 6.26. The largest absolute Gasteiger partial charge is 0.512 e. The van der Waals surface area contributed by atoms with Crippen LogP contribution in [0.25, 0.3) is 0 Å². The van der Waals surface area contributed by atoms with Crippen molar-refractivity contribution in [2.75, 3.05) is 5.73 Å². The van der Waals surface area contributed by atoms with Gasteiger partial charge in [0.05, 0.1) is 5.57 Å². The monoisotopic (exact) mass is 397 g/mol. The summed E-state index contributed by atoms with van der Waals surface area (Å²) in [5, 5.41) is 10.8. The van der Waals surface area contributed by atoms with Crippen LogP contribution in [0, 0.1) is 5.82 Å². The first-order chi connectivity index (χ1) is 13.8. The van der Waals surface area contributed by atoms with Gasteiger partial charge in [0.2, 0.25) is 0 Å². The summed E-state index contributed by atoms with van der Waals surface area (Å²) in [4.78, 5) is 12.9. The van der Waals surface area contributed by atoms with Crippen LogP contribution >= 0.6 is 0 Å². The predicted octanol–water partition coefficient (Wildman–Crippen LogP) is 5.44. The number of esters is 1. The number of carbonyl (C=O) groups is 1. The van der Waals surface area contributed by atoms with Gasteiger partial charge in [-0.25, -0.2) is 9.18 Å². The average Bonchev–Trinajstić information content (AvgIpc) is 2.67. The molecule has 3 N–H and O–H groups in total. The van der Waals surface area contributed by atoms with Gasteiger partial charge in [-0.2, -0.15) is 0 Å². The molecule has 0 saturated heterocycles. The highest BCUT2D eigenvalue weighted by Crippen LogP contribution is 2.40. The summed E-state index contributed by atoms with van der Waals surface area (Å²) in [6.45, 7) is 3.89. The molecule has 2 atom stereocenters. The number of anilines is 1. The Hall–Kier alpha value is -2.82. The molecule has 29 heavy (non-hydrogen) atoms. The molecule has 0 radical (unpaired) electrons. The molecule has 0 aliphatic carbocycles. The van der Waals surface area contributed by atoms with Crippen molar-refractivity contribution in [3.63, 3.8) is 0 Å². The quantitative estimate of drug-likeness (QED) is 0.482. The molecule has 0 fully saturated rings. The molecule has 154 valence electrons. The van der Waals surface area contributed by atoms with E-state index < -0.39 is 11.6 Å². The summed E-state index contributed by atoms with van der Waals surface area (Å²) >= 11 is 0. The Morgan fingerprint density at radius 3 is 2.55 bits per heavy atom. The highest BCUT2D eigenvalue weighted by molar-refractivity contribution is 5.92. The first-order valence-corrected chi connectivity index (χ1v) is 10.1. The van der Waals surface area contributed by atoms with Crippen molar-refractivity contribution in [3.05, 3.63) is 76.8 Å². The van der Waals surface area contributed by atoms with Crippen LogP contribution in [0.4, 0.5) is 10.1 Å². The molecule has 4 nitrogen and oxygen atoms in total. The van der Waals surface area contributed by atoms with Crippen LogP contribution in [0.15, 0.2) is 59.9 Å². The molecule has 3 rings (SSSR count). The second kappa shape index (κ2) is 8.68. The van der Waals surface area contributed by atoms with E-state index >= 15 is 0 Å². The Balaban J connectivity index is 1.83. The molecule has 1 heterocycles. The fourth-order valence-electron chi connectivity index (χ4n) is 4.11. The van der Waals surface area contributed by atoms with E-state index in [1.54, 1.807) is 24.3 Å². The average molecular weight is 397 g/mol. The van der Waals surface area contributed by atoms with Gasteiger partial charge in [0.25, 0.3) is 0 Å². The summed E-state index contributed by atoms with van der Waals surface area (Å²) in [5.74, 6) is -0.982. The van der Waals surface area contributed by atoms with Gasteiger partial charge in [-0.15, -0.1) is 0 Å². The fourth-order valence-corrected chi connectivity index (χ4v) is 4.11. The standard InChI is InChI=1S/C24H28FNO3/c1-3-12-24(13-11-17-7-9-19(25)10-8-17)15-21(27)22(23(28)29-24)16(2)18-5-4-6-20(26)14-18/h4-10,14,16,27H,3,11-13,15,26H2,1-2H3. The van der Waals surface area contributed by atoms with E-state index in [0.29, 0.717) is 30.5 Å². The Labute approximate surface area is 171 Å². The Morgan fingerprint density at radius 1 is 1.21 bits per heavy atom. The molecule has 2 aromatic carbocycles. The zero-order chi connectivity index (χ0) is 21.0. The smallest absolute Gasteiger partial charge is 0.338 e. The number of aryl methyl sites for hydroxylation is 1. The molecule has 0 saturated carbocycles. The highest BCUT2D eigenvalue weighted by Gasteiger charge is 2.42. The lowest BCUT2D eigenvalue weighted by atomic mass is 9.81. The molecule has 1 aliphatic rings. The van der Waals surface area contributed by atoms with E-state index in [1.807, 2.05) is 26.0 Å². The van der Waals surface area contributed by atoms with Gasteiger partial charge in [0.15, 0.2) is 0 Å². The summed E-state index contributed by atoms with van der Waals surface area (Å²) < 4.78 is 19.1. The maximum Gasteiger partial charge on any atom is 0.338 e. The number of halogens is 1. The minimum atomic E-state index is -0.747. The molecular weight excluding hydrogens is 369 g/mol. The number of nitrogen functional groups attached to an aromatic ring is 1. The van der Waals surface area contributed by atoms with Gasteiger partial charge in [-0.1, -0.05) is 44.5 Å². The summed E-state index contributed by atoms with van der Waals surface area (Å²) in [6, 6.07) is 13.6. The second-order valence-corrected chi connectivity index (χ2v) is 7.88. The maximum absolute atomic E-state index is 13.1. The first kappa shape index (κ1) is 20.9. The SMILES string of the molecule is CCCC1(CCc2ccc(F)cc2)CC(O)=C(C(C)c2cccc(N)c2)C(=O)O1. The van der Waals surface area contributed by atoms with Crippen molar-refractivity contribution < 1.29 is 19.0 Å². The van der Waals surface area contributed by atoms with Gasteiger partial charge >= 0.3 is 5.97 Å². The van der Waals surface area contributed by atoms with E-state index in [0.717, 1.165) is 17.5 Å². The van der Waals surface area contributed by atoms with Gasteiger partial charge in [-0.3, -0.25) is 0 Å². The lowest BCUT2D eigenvalue weighted by molar-refractivity contribution is -0.161. The number of rotatable bonds is 7. The van der Waals surface area contributed by atoms with Crippen molar-refractivity contribution in [2.45, 2.75) is 57.5 Å². The van der Waals surface area contributed by atoms with Crippen LogP contribution in [-0.4, -0.2) is 16.7 Å². The summed E-state index contributed by atoms with van der Waals surface area (Å²) in [7, 11) is 0. The number of ether oxygens (including phenoxy) is 1. The third kappa shape index (κ3) is 4.78. The zero-order valence-corrected chi connectivity index (χ0v) is 17.0. The molecule has 0 aromatic heterocycles. The number of carbonyl (C=O) groups excluding carboxylic acids is 1. The third-order valence-corrected chi connectivity index (χ3v) is 5.66. The number of aliphatic hydroxyl groups excluding tert-OH is 1. The van der Waals surface area contributed by atoms with Crippen molar-refractivity contribution in [1.82, 2.24) is 0 Å². The lowest BCUT2D eigenvalue weighted by Crippen LogP contribution is -2.41. The summed E-state index contributed by atoms with van der Waals surface area (Å²) in [5.41, 5.74) is 7.85. The van der Waals surface area contributed by atoms with Crippen LogP contribution in [0.5, 0.6) is 0 Å². The molecule has 2 aromatic rings. The predicted molar refractivity (Wildman–Crippen MR) is 112 cm³/mol. The molecular formula is C24H28FNO3.